The monoisotopic (exact) mass is 400 g/mol. The molecule has 1 saturated heterocycles. The SMILES string of the molecule is [CH2-]C.[NH-]c1ncnc2c1ncn2[C@H]1CC(O)[C@@H](COP)O1.[Y]. The van der Waals surface area contributed by atoms with Crippen LogP contribution in [0.25, 0.3) is 16.9 Å². The first-order chi connectivity index (χ1) is 10.2. The van der Waals surface area contributed by atoms with Gasteiger partial charge in [-0.25, -0.2) is 9.97 Å². The van der Waals surface area contributed by atoms with Crippen LogP contribution in [0.3, 0.4) is 0 Å². The average Bonchev–Trinajstić information content (AvgIpc) is 3.07. The van der Waals surface area contributed by atoms with Gasteiger partial charge in [-0.3, -0.25) is 4.57 Å². The van der Waals surface area contributed by atoms with Crippen molar-refractivity contribution in [3.63, 3.8) is 0 Å². The third-order valence-corrected chi connectivity index (χ3v) is 3.33. The summed E-state index contributed by atoms with van der Waals surface area (Å²) in [4.78, 5) is 12.0. The normalized spacial score (nSPS) is 23.7. The Morgan fingerprint density at radius 3 is 2.91 bits per heavy atom. The second-order valence-electron chi connectivity index (χ2n) is 4.31. The van der Waals surface area contributed by atoms with Crippen LogP contribution in [0.1, 0.15) is 19.6 Å². The zero-order valence-electron chi connectivity index (χ0n) is 12.2. The quantitative estimate of drug-likeness (QED) is 0.622. The molecule has 1 fully saturated rings. The first kappa shape index (κ1) is 19.8. The number of rotatable bonds is 3. The molecule has 2 aromatic heterocycles. The minimum atomic E-state index is -0.597. The maximum absolute atomic E-state index is 9.90. The molecule has 3 heterocycles. The van der Waals surface area contributed by atoms with E-state index in [9.17, 15) is 5.11 Å². The van der Waals surface area contributed by atoms with Crippen LogP contribution in [0, 0.1) is 6.92 Å². The number of hydrogen-bond donors (Lipinski definition) is 1. The van der Waals surface area contributed by atoms with Crippen LogP contribution in [-0.2, 0) is 42.0 Å². The fraction of sp³-hybridized carbons (Fsp3) is 0.500. The Morgan fingerprint density at radius 1 is 1.50 bits per heavy atom. The molecule has 22 heavy (non-hydrogen) atoms. The number of nitrogens with one attached hydrogen (secondary N) is 1. The fourth-order valence-electron chi connectivity index (χ4n) is 2.19. The summed E-state index contributed by atoms with van der Waals surface area (Å²) in [6, 6.07) is 0. The van der Waals surface area contributed by atoms with Crippen molar-refractivity contribution < 1.29 is 47.1 Å². The standard InChI is InChI=1S/C10H13N5O3P.C2H5.Y/c11-9-8-10(13-3-12-9)15(4-14-8)7-1-5(16)6(18-7)2-17-19;1-2;/h3-7,16H,1-2,19H2,(H-,11,12,13);1H2,2H3;/q2*-1;/t5?,6-,7-;;/m1../s1. The first-order valence-electron chi connectivity index (χ1n) is 6.45. The van der Waals surface area contributed by atoms with Gasteiger partial charge in [0.05, 0.1) is 19.0 Å². The van der Waals surface area contributed by atoms with Crippen LogP contribution in [0.15, 0.2) is 12.7 Å². The zero-order valence-corrected chi connectivity index (χ0v) is 16.2. The summed E-state index contributed by atoms with van der Waals surface area (Å²) < 4.78 is 12.3. The van der Waals surface area contributed by atoms with Gasteiger partial charge in [0, 0.05) is 54.9 Å². The van der Waals surface area contributed by atoms with E-state index in [-0.39, 0.29) is 50.9 Å². The summed E-state index contributed by atoms with van der Waals surface area (Å²) in [6.07, 6.45) is 1.97. The zero-order chi connectivity index (χ0) is 15.4. The second kappa shape index (κ2) is 9.16. The van der Waals surface area contributed by atoms with Crippen molar-refractivity contribution in [2.75, 3.05) is 6.61 Å². The van der Waals surface area contributed by atoms with E-state index >= 15 is 0 Å². The van der Waals surface area contributed by atoms with Gasteiger partial charge in [-0.15, -0.1) is 0 Å². The number of nitrogens with zero attached hydrogens (tertiary/aromatic N) is 4. The predicted molar refractivity (Wildman–Crippen MR) is 80.5 cm³/mol. The molecule has 8 nitrogen and oxygen atoms in total. The molecule has 1 aliphatic rings. The minimum absolute atomic E-state index is 0. The third-order valence-electron chi connectivity index (χ3n) is 3.13. The average molecular weight is 400 g/mol. The molecule has 2 unspecified atom stereocenters. The summed E-state index contributed by atoms with van der Waals surface area (Å²) >= 11 is 0. The molecule has 4 atom stereocenters. The molecule has 10 heteroatoms. The van der Waals surface area contributed by atoms with Crippen LogP contribution < -0.4 is 0 Å². The Balaban J connectivity index is 0.000000775. The van der Waals surface area contributed by atoms with E-state index in [0.29, 0.717) is 24.2 Å². The number of hydrogen-bond acceptors (Lipinski definition) is 6. The van der Waals surface area contributed by atoms with Crippen molar-refractivity contribution >= 4 is 26.4 Å². The van der Waals surface area contributed by atoms with Gasteiger partial charge in [-0.05, 0) is 5.82 Å². The molecule has 0 aromatic carbocycles. The van der Waals surface area contributed by atoms with Gasteiger partial charge in [-0.1, -0.05) is 0 Å². The Kier molecular flexibility index (Phi) is 8.24. The Bertz CT molecular complexity index is 599. The first-order valence-corrected chi connectivity index (χ1v) is 6.93. The Morgan fingerprint density at radius 2 is 2.23 bits per heavy atom. The van der Waals surface area contributed by atoms with Gasteiger partial charge in [0.25, 0.3) is 0 Å². The molecule has 0 amide bonds. The van der Waals surface area contributed by atoms with E-state index in [1.807, 2.05) is 0 Å². The topological polar surface area (TPSA) is 106 Å². The fourth-order valence-corrected chi connectivity index (χ4v) is 2.38. The van der Waals surface area contributed by atoms with Crippen molar-refractivity contribution in [1.29, 1.82) is 0 Å². The summed E-state index contributed by atoms with van der Waals surface area (Å²) in [5.41, 5.74) is 8.61. The van der Waals surface area contributed by atoms with Crippen molar-refractivity contribution in [2.24, 2.45) is 0 Å². The molecule has 2 N–H and O–H groups in total. The molecule has 0 bridgehead atoms. The van der Waals surface area contributed by atoms with Crippen LogP contribution >= 0.6 is 9.47 Å². The summed E-state index contributed by atoms with van der Waals surface area (Å²) in [5, 5.41) is 9.90. The van der Waals surface area contributed by atoms with Gasteiger partial charge in [0.15, 0.2) is 5.65 Å². The number of fused-ring (bicyclic) bond motifs is 1. The molecule has 1 radical (unpaired) electrons. The molecule has 119 valence electrons. The van der Waals surface area contributed by atoms with E-state index in [4.69, 9.17) is 15.0 Å². The van der Waals surface area contributed by atoms with Crippen molar-refractivity contribution in [2.45, 2.75) is 31.8 Å². The molecule has 1 aliphatic heterocycles. The van der Waals surface area contributed by atoms with Crippen LogP contribution in [0.4, 0.5) is 5.82 Å². The molecule has 0 aliphatic carbocycles. The van der Waals surface area contributed by atoms with Gasteiger partial charge >= 0.3 is 0 Å². The molecular formula is C12H18N5O3PY-2. The predicted octanol–water partition coefficient (Wildman–Crippen LogP) is 1.80. The molecular weight excluding hydrogens is 382 g/mol. The van der Waals surface area contributed by atoms with Gasteiger partial charge in [0.1, 0.15) is 17.8 Å². The molecule has 2 aromatic rings. The molecule has 0 saturated carbocycles. The van der Waals surface area contributed by atoms with E-state index in [1.165, 1.54) is 6.33 Å². The summed E-state index contributed by atoms with van der Waals surface area (Å²) in [5.74, 6) is 0.0761. The van der Waals surface area contributed by atoms with Crippen molar-refractivity contribution in [3.8, 4) is 0 Å². The number of aliphatic hydroxyl groups is 1. The van der Waals surface area contributed by atoms with Crippen molar-refractivity contribution in [1.82, 2.24) is 19.5 Å². The maximum Gasteiger partial charge on any atom is 0.161 e. The van der Waals surface area contributed by atoms with Crippen LogP contribution in [-0.4, -0.2) is 43.4 Å². The number of aromatic nitrogens is 4. The number of aliphatic hydroxyl groups excluding tert-OH is 1. The van der Waals surface area contributed by atoms with Crippen LogP contribution in [0.5, 0.6) is 0 Å². The van der Waals surface area contributed by atoms with Gasteiger partial charge in [0.2, 0.25) is 0 Å². The minimum Gasteiger partial charge on any atom is -0.480 e. The Labute approximate surface area is 156 Å². The second-order valence-corrected chi connectivity index (χ2v) is 4.65. The molecule has 3 rings (SSSR count). The molecule has 0 spiro atoms. The van der Waals surface area contributed by atoms with E-state index in [2.05, 4.69) is 31.3 Å². The van der Waals surface area contributed by atoms with E-state index < -0.39 is 6.10 Å². The van der Waals surface area contributed by atoms with E-state index in [0.717, 1.165) is 0 Å². The number of imidazole rings is 1. The van der Waals surface area contributed by atoms with Gasteiger partial charge < -0.3 is 32.0 Å². The van der Waals surface area contributed by atoms with Crippen LogP contribution in [0.2, 0.25) is 0 Å². The van der Waals surface area contributed by atoms with Crippen molar-refractivity contribution in [3.05, 3.63) is 25.3 Å². The smallest absolute Gasteiger partial charge is 0.161 e. The maximum atomic E-state index is 9.90. The Hall–Kier alpha value is -0.236. The summed E-state index contributed by atoms with van der Waals surface area (Å²) in [6.45, 7) is 5.30. The van der Waals surface area contributed by atoms with E-state index in [1.54, 1.807) is 17.8 Å². The largest absolute Gasteiger partial charge is 0.480 e. The van der Waals surface area contributed by atoms with Gasteiger partial charge in [-0.2, -0.15) is 6.92 Å². The third kappa shape index (κ3) is 3.99. The summed E-state index contributed by atoms with van der Waals surface area (Å²) in [7, 11) is 2.14. The number of ether oxygens (including phenoxy) is 1.